The first-order valence-corrected chi connectivity index (χ1v) is 7.11. The van der Waals surface area contributed by atoms with Crippen LogP contribution in [0.5, 0.6) is 11.5 Å². The number of amides is 1. The minimum atomic E-state index is -3.14. The van der Waals surface area contributed by atoms with E-state index in [-0.39, 0.29) is 5.69 Å². The average Bonchev–Trinajstić information content (AvgIpc) is 2.57. The van der Waals surface area contributed by atoms with Crippen molar-refractivity contribution in [2.45, 2.75) is 19.6 Å². The molecule has 1 N–H and O–H groups in total. The number of hydrogen-bond donors (Lipinski definition) is 1. The van der Waals surface area contributed by atoms with Gasteiger partial charge in [-0.1, -0.05) is 0 Å². The van der Waals surface area contributed by atoms with Crippen molar-refractivity contribution in [1.29, 1.82) is 5.26 Å². The van der Waals surface area contributed by atoms with E-state index in [2.05, 4.69) is 10.1 Å². The number of nitriles is 1. The largest absolute Gasteiger partial charge is 0.481 e. The molecule has 0 aromatic heterocycles. The highest BCUT2D eigenvalue weighted by Crippen LogP contribution is 2.23. The summed E-state index contributed by atoms with van der Waals surface area (Å²) >= 11 is 0. The second kappa shape index (κ2) is 8.06. The van der Waals surface area contributed by atoms with Crippen molar-refractivity contribution in [1.82, 2.24) is 0 Å². The van der Waals surface area contributed by atoms with Gasteiger partial charge in [0.15, 0.2) is 17.7 Å². The van der Waals surface area contributed by atoms with Crippen LogP contribution in [0.2, 0.25) is 0 Å². The molecule has 0 heterocycles. The Kier molecular flexibility index (Phi) is 5.84. The van der Waals surface area contributed by atoms with Gasteiger partial charge in [-0.25, -0.2) is 4.39 Å². The molecule has 2 rings (SSSR count). The first-order valence-electron chi connectivity index (χ1n) is 7.11. The molecule has 0 aliphatic carbocycles. The molecule has 0 spiro atoms. The van der Waals surface area contributed by atoms with Gasteiger partial charge in [0.2, 0.25) is 0 Å². The van der Waals surface area contributed by atoms with Gasteiger partial charge >= 0.3 is 6.61 Å². The Hall–Kier alpha value is -3.21. The molecule has 0 fully saturated rings. The number of carbonyl (C=O) groups excluding carboxylic acids is 1. The van der Waals surface area contributed by atoms with Crippen LogP contribution in [-0.4, -0.2) is 18.6 Å². The lowest BCUT2D eigenvalue weighted by molar-refractivity contribution is -0.122. The molecule has 2 aromatic carbocycles. The van der Waals surface area contributed by atoms with Gasteiger partial charge in [-0.05, 0) is 43.3 Å². The lowest BCUT2D eigenvalue weighted by Crippen LogP contribution is -2.30. The van der Waals surface area contributed by atoms with Crippen LogP contribution in [0.25, 0.3) is 0 Å². The molecular weight excluding hydrogens is 337 g/mol. The minimum absolute atomic E-state index is 0.0689. The zero-order chi connectivity index (χ0) is 18.4. The topological polar surface area (TPSA) is 71.3 Å². The summed E-state index contributed by atoms with van der Waals surface area (Å²) in [4.78, 5) is 12.1. The second-order valence-corrected chi connectivity index (χ2v) is 4.91. The number of nitrogens with one attached hydrogen (secondary N) is 1. The van der Waals surface area contributed by atoms with Crippen LogP contribution in [0.4, 0.5) is 18.9 Å². The summed E-state index contributed by atoms with van der Waals surface area (Å²) in [6.45, 7) is -1.66. The van der Waals surface area contributed by atoms with Gasteiger partial charge in [0.05, 0.1) is 11.6 Å². The first-order chi connectivity index (χ1) is 11.9. The molecule has 0 saturated carbocycles. The lowest BCUT2D eigenvalue weighted by Gasteiger charge is -2.15. The van der Waals surface area contributed by atoms with Crippen LogP contribution >= 0.6 is 0 Å². The first kappa shape index (κ1) is 18.1. The number of alkyl halides is 2. The number of hydrogen-bond acceptors (Lipinski definition) is 4. The third-order valence-electron chi connectivity index (χ3n) is 3.08. The minimum Gasteiger partial charge on any atom is -0.481 e. The monoisotopic (exact) mass is 350 g/mol. The van der Waals surface area contributed by atoms with E-state index in [1.165, 1.54) is 25.1 Å². The molecule has 8 heteroatoms. The van der Waals surface area contributed by atoms with E-state index in [1.807, 2.05) is 6.07 Å². The zero-order valence-electron chi connectivity index (χ0n) is 13.0. The van der Waals surface area contributed by atoms with Crippen LogP contribution in [0.1, 0.15) is 12.5 Å². The lowest BCUT2D eigenvalue weighted by atomic mass is 10.2. The highest BCUT2D eigenvalue weighted by Gasteiger charge is 2.16. The van der Waals surface area contributed by atoms with E-state index in [9.17, 15) is 18.0 Å². The fourth-order valence-corrected chi connectivity index (χ4v) is 1.88. The molecule has 1 atom stereocenters. The number of carbonyl (C=O) groups is 1. The van der Waals surface area contributed by atoms with Crippen molar-refractivity contribution in [2.75, 3.05) is 5.32 Å². The summed E-state index contributed by atoms with van der Waals surface area (Å²) in [6.07, 6.45) is -0.909. The van der Waals surface area contributed by atoms with E-state index < -0.39 is 30.2 Å². The number of anilines is 1. The van der Waals surface area contributed by atoms with Gasteiger partial charge in [0.25, 0.3) is 5.91 Å². The van der Waals surface area contributed by atoms with E-state index in [0.717, 1.165) is 12.1 Å². The van der Waals surface area contributed by atoms with Gasteiger partial charge < -0.3 is 14.8 Å². The number of ether oxygens (including phenoxy) is 2. The fraction of sp³-hybridized carbons (Fsp3) is 0.176. The van der Waals surface area contributed by atoms with Gasteiger partial charge in [0, 0.05) is 11.8 Å². The van der Waals surface area contributed by atoms with Crippen molar-refractivity contribution in [3.05, 3.63) is 53.8 Å². The Morgan fingerprint density at radius 1 is 1.16 bits per heavy atom. The molecule has 5 nitrogen and oxygen atoms in total. The third kappa shape index (κ3) is 5.14. The predicted molar refractivity (Wildman–Crippen MR) is 82.9 cm³/mol. The summed E-state index contributed by atoms with van der Waals surface area (Å²) in [7, 11) is 0. The average molecular weight is 350 g/mol. The van der Waals surface area contributed by atoms with E-state index in [4.69, 9.17) is 10.00 Å². The molecule has 0 aliphatic rings. The molecule has 0 radical (unpaired) electrons. The summed E-state index contributed by atoms with van der Waals surface area (Å²) in [6, 6.07) is 11.2. The zero-order valence-corrected chi connectivity index (χ0v) is 13.0. The van der Waals surface area contributed by atoms with Crippen LogP contribution in [0.15, 0.2) is 42.5 Å². The summed E-state index contributed by atoms with van der Waals surface area (Å²) in [5.41, 5.74) is 0.519. The third-order valence-corrected chi connectivity index (χ3v) is 3.08. The Bertz CT molecular complexity index is 789. The molecule has 2 aromatic rings. The van der Waals surface area contributed by atoms with Crippen molar-refractivity contribution in [3.8, 4) is 17.6 Å². The number of rotatable bonds is 6. The van der Waals surface area contributed by atoms with Gasteiger partial charge in [-0.2, -0.15) is 14.0 Å². The second-order valence-electron chi connectivity index (χ2n) is 4.91. The fourth-order valence-electron chi connectivity index (χ4n) is 1.88. The van der Waals surface area contributed by atoms with Crippen LogP contribution in [0.3, 0.4) is 0 Å². The van der Waals surface area contributed by atoms with Gasteiger partial charge in [0.1, 0.15) is 5.75 Å². The van der Waals surface area contributed by atoms with Crippen LogP contribution in [-0.2, 0) is 4.79 Å². The summed E-state index contributed by atoms with van der Waals surface area (Å²) < 4.78 is 47.2. The van der Waals surface area contributed by atoms with E-state index >= 15 is 0 Å². The van der Waals surface area contributed by atoms with Crippen LogP contribution in [0, 0.1) is 17.1 Å². The SMILES string of the molecule is CC(Oc1ccc(C#N)cc1)C(=O)Nc1ccc(OC(F)F)c(F)c1. The Labute approximate surface area is 141 Å². The Morgan fingerprint density at radius 2 is 1.84 bits per heavy atom. The van der Waals surface area contributed by atoms with Crippen LogP contribution < -0.4 is 14.8 Å². The van der Waals surface area contributed by atoms with Crippen molar-refractivity contribution in [2.24, 2.45) is 0 Å². The Morgan fingerprint density at radius 3 is 2.40 bits per heavy atom. The van der Waals surface area contributed by atoms with Crippen molar-refractivity contribution >= 4 is 11.6 Å². The maximum atomic E-state index is 13.6. The van der Waals surface area contributed by atoms with Gasteiger partial charge in [-0.3, -0.25) is 4.79 Å². The molecule has 0 aliphatic heterocycles. The molecule has 130 valence electrons. The van der Waals surface area contributed by atoms with Crippen molar-refractivity contribution < 1.29 is 27.4 Å². The maximum absolute atomic E-state index is 13.6. The number of halogens is 3. The summed E-state index contributed by atoms with van der Waals surface area (Å²) in [5.74, 6) is -1.83. The molecule has 0 saturated heterocycles. The maximum Gasteiger partial charge on any atom is 0.387 e. The normalized spacial score (nSPS) is 11.5. The highest BCUT2D eigenvalue weighted by atomic mass is 19.3. The van der Waals surface area contributed by atoms with E-state index in [0.29, 0.717) is 11.3 Å². The summed E-state index contributed by atoms with van der Waals surface area (Å²) in [5, 5.41) is 11.1. The predicted octanol–water partition coefficient (Wildman–Crippen LogP) is 3.70. The highest BCUT2D eigenvalue weighted by molar-refractivity contribution is 5.94. The molecule has 25 heavy (non-hydrogen) atoms. The Balaban J connectivity index is 1.98. The van der Waals surface area contributed by atoms with Gasteiger partial charge in [-0.15, -0.1) is 0 Å². The molecule has 1 amide bonds. The van der Waals surface area contributed by atoms with Crippen molar-refractivity contribution in [3.63, 3.8) is 0 Å². The standard InChI is InChI=1S/C17H13F3N2O3/c1-10(24-13-5-2-11(9-21)3-6-13)16(23)22-12-4-7-15(14(18)8-12)25-17(19)20/h2-8,10,17H,1H3,(H,22,23). The smallest absolute Gasteiger partial charge is 0.387 e. The number of nitrogens with zero attached hydrogens (tertiary/aromatic N) is 1. The molecular formula is C17H13F3N2O3. The molecule has 1 unspecified atom stereocenters. The quantitative estimate of drug-likeness (QED) is 0.862. The molecule has 0 bridgehead atoms. The van der Waals surface area contributed by atoms with E-state index in [1.54, 1.807) is 12.1 Å². The number of benzene rings is 2.